The third-order valence-corrected chi connectivity index (χ3v) is 4.65. The van der Waals surface area contributed by atoms with E-state index in [4.69, 9.17) is 21.7 Å². The maximum Gasteiger partial charge on any atom is 0.327 e. The fraction of sp³-hybridized carbons (Fsp3) is 0.421. The Balaban J connectivity index is 3.08. The highest BCUT2D eigenvalue weighted by Gasteiger charge is 2.30. The van der Waals surface area contributed by atoms with Gasteiger partial charge in [0, 0.05) is 12.2 Å². The number of aliphatic hydroxyl groups is 1. The quantitative estimate of drug-likeness (QED) is 0.138. The molecular weight excluding hydrogens is 442 g/mol. The number of carbonyl (C=O) groups excluding carboxylic acids is 4. The molecule has 0 heterocycles. The number of aliphatic carboxylic acids is 1. The van der Waals surface area contributed by atoms with E-state index in [0.717, 1.165) is 0 Å². The number of nitrogens with two attached hydrogens (primary N) is 2. The van der Waals surface area contributed by atoms with Gasteiger partial charge in [-0.3, -0.25) is 19.2 Å². The van der Waals surface area contributed by atoms with Crippen LogP contribution < -0.4 is 27.4 Å². The van der Waals surface area contributed by atoms with E-state index < -0.39 is 66.8 Å². The van der Waals surface area contributed by atoms with Crippen molar-refractivity contribution in [2.45, 2.75) is 37.0 Å². The van der Waals surface area contributed by atoms with E-state index in [1.54, 1.807) is 30.3 Å². The van der Waals surface area contributed by atoms with Crippen molar-refractivity contribution in [3.8, 4) is 0 Å². The first kappa shape index (κ1) is 26.9. The van der Waals surface area contributed by atoms with Gasteiger partial charge in [0.05, 0.1) is 13.0 Å². The van der Waals surface area contributed by atoms with Crippen LogP contribution in [0.25, 0.3) is 0 Å². The number of carboxylic acids is 1. The van der Waals surface area contributed by atoms with Crippen molar-refractivity contribution in [3.63, 3.8) is 0 Å². The van der Waals surface area contributed by atoms with Crippen molar-refractivity contribution in [3.05, 3.63) is 35.9 Å². The molecule has 4 atom stereocenters. The lowest BCUT2D eigenvalue weighted by Crippen LogP contribution is -2.58. The Labute approximate surface area is 189 Å². The van der Waals surface area contributed by atoms with Crippen molar-refractivity contribution in [2.75, 3.05) is 12.4 Å². The van der Waals surface area contributed by atoms with Gasteiger partial charge in [0.25, 0.3) is 0 Å². The van der Waals surface area contributed by atoms with Crippen molar-refractivity contribution >= 4 is 42.2 Å². The summed E-state index contributed by atoms with van der Waals surface area (Å²) in [4.78, 5) is 60.0. The summed E-state index contributed by atoms with van der Waals surface area (Å²) in [5.74, 6) is -5.04. The molecule has 0 bridgehead atoms. The first-order valence-electron chi connectivity index (χ1n) is 9.52. The lowest BCUT2D eigenvalue weighted by Gasteiger charge is -2.24. The molecule has 1 rings (SSSR count). The Morgan fingerprint density at radius 1 is 0.906 bits per heavy atom. The molecule has 0 aliphatic carbocycles. The first-order valence-corrected chi connectivity index (χ1v) is 10.2. The number of benzene rings is 1. The van der Waals surface area contributed by atoms with E-state index in [1.165, 1.54) is 0 Å². The normalized spacial score (nSPS) is 14.3. The monoisotopic (exact) mass is 469 g/mol. The average Bonchev–Trinajstić information content (AvgIpc) is 2.75. The molecule has 12 nitrogen and oxygen atoms in total. The van der Waals surface area contributed by atoms with Gasteiger partial charge in [-0.25, -0.2) is 4.79 Å². The molecule has 0 aromatic heterocycles. The number of primary amides is 1. The Hall–Kier alpha value is -3.16. The summed E-state index contributed by atoms with van der Waals surface area (Å²) in [6.07, 6.45) is -0.603. The number of thiol groups is 1. The molecule has 4 unspecified atom stereocenters. The number of nitrogens with one attached hydrogen (secondary N) is 3. The Bertz CT molecular complexity index is 824. The number of hydrogen-bond acceptors (Lipinski definition) is 8. The van der Waals surface area contributed by atoms with Crippen molar-refractivity contribution in [2.24, 2.45) is 11.5 Å². The molecule has 0 spiro atoms. The summed E-state index contributed by atoms with van der Waals surface area (Å²) >= 11 is 3.89. The molecule has 0 fully saturated rings. The zero-order chi connectivity index (χ0) is 24.3. The van der Waals surface area contributed by atoms with Gasteiger partial charge in [-0.15, -0.1) is 0 Å². The number of carboxylic acid groups (broad SMARTS) is 1. The van der Waals surface area contributed by atoms with Crippen LogP contribution in [-0.4, -0.2) is 76.3 Å². The van der Waals surface area contributed by atoms with E-state index in [2.05, 4.69) is 28.6 Å². The lowest BCUT2D eigenvalue weighted by molar-refractivity contribution is -0.141. The summed E-state index contributed by atoms with van der Waals surface area (Å²) in [5.41, 5.74) is 11.2. The van der Waals surface area contributed by atoms with Gasteiger partial charge in [0.2, 0.25) is 23.6 Å². The number of hydrogen-bond donors (Lipinski definition) is 8. The van der Waals surface area contributed by atoms with Crippen LogP contribution >= 0.6 is 12.6 Å². The molecular formula is C19H27N5O7S. The zero-order valence-electron chi connectivity index (χ0n) is 17.1. The fourth-order valence-electron chi connectivity index (χ4n) is 2.56. The van der Waals surface area contributed by atoms with Crippen molar-refractivity contribution in [1.29, 1.82) is 0 Å². The second-order valence-electron chi connectivity index (χ2n) is 6.85. The van der Waals surface area contributed by atoms with Crippen LogP contribution in [0.3, 0.4) is 0 Å². The van der Waals surface area contributed by atoms with Crippen LogP contribution in [0.1, 0.15) is 12.0 Å². The fourth-order valence-corrected chi connectivity index (χ4v) is 2.81. The van der Waals surface area contributed by atoms with Crippen LogP contribution in [0.4, 0.5) is 0 Å². The molecule has 0 saturated heterocycles. The molecule has 9 N–H and O–H groups in total. The molecule has 32 heavy (non-hydrogen) atoms. The molecule has 1 aromatic rings. The van der Waals surface area contributed by atoms with E-state index in [9.17, 15) is 24.0 Å². The van der Waals surface area contributed by atoms with E-state index in [0.29, 0.717) is 5.56 Å². The van der Waals surface area contributed by atoms with Crippen LogP contribution in [-0.2, 0) is 30.4 Å². The second-order valence-corrected chi connectivity index (χ2v) is 7.22. The predicted octanol–water partition coefficient (Wildman–Crippen LogP) is -3.11. The number of amides is 4. The van der Waals surface area contributed by atoms with Gasteiger partial charge in [0.1, 0.15) is 24.2 Å². The van der Waals surface area contributed by atoms with Crippen molar-refractivity contribution < 1.29 is 34.2 Å². The SMILES string of the molecule is NC(=O)CC(NC(=O)C(N)CO)C(=O)NC(Cc1ccccc1)C(=O)NC(CS)C(=O)O. The largest absolute Gasteiger partial charge is 0.480 e. The van der Waals surface area contributed by atoms with Crippen molar-refractivity contribution in [1.82, 2.24) is 16.0 Å². The van der Waals surface area contributed by atoms with Crippen LogP contribution in [0.15, 0.2) is 30.3 Å². The average molecular weight is 470 g/mol. The van der Waals surface area contributed by atoms with Gasteiger partial charge < -0.3 is 37.6 Å². The van der Waals surface area contributed by atoms with Crippen LogP contribution in [0.2, 0.25) is 0 Å². The minimum absolute atomic E-state index is 0.00921. The maximum atomic E-state index is 12.8. The Morgan fingerprint density at radius 3 is 1.94 bits per heavy atom. The maximum absolute atomic E-state index is 12.8. The summed E-state index contributed by atoms with van der Waals surface area (Å²) in [6, 6.07) is 3.22. The van der Waals surface area contributed by atoms with E-state index >= 15 is 0 Å². The standard InChI is InChI=1S/C19H27N5O7S/c20-11(8-25)16(27)22-13(7-15(21)26)18(29)23-12(6-10-4-2-1-3-5-10)17(28)24-14(9-32)19(30)31/h1-5,11-14,25,32H,6-9,20H2,(H2,21,26)(H,22,27)(H,23,29)(H,24,28)(H,30,31). The third kappa shape index (κ3) is 8.91. The highest BCUT2D eigenvalue weighted by Crippen LogP contribution is 2.06. The second kappa shape index (κ2) is 13.3. The minimum Gasteiger partial charge on any atom is -0.480 e. The van der Waals surface area contributed by atoms with Gasteiger partial charge in [-0.1, -0.05) is 30.3 Å². The third-order valence-electron chi connectivity index (χ3n) is 4.28. The predicted molar refractivity (Wildman–Crippen MR) is 116 cm³/mol. The zero-order valence-corrected chi connectivity index (χ0v) is 18.0. The molecule has 0 radical (unpaired) electrons. The topological polar surface area (TPSA) is 214 Å². The summed E-state index contributed by atoms with van der Waals surface area (Å²) in [7, 11) is 0. The van der Waals surface area contributed by atoms with Gasteiger partial charge in [-0.05, 0) is 5.56 Å². The molecule has 13 heteroatoms. The highest BCUT2D eigenvalue weighted by atomic mass is 32.1. The van der Waals surface area contributed by atoms with E-state index in [-0.39, 0.29) is 12.2 Å². The number of carbonyl (C=O) groups is 5. The molecule has 4 amide bonds. The molecule has 0 aliphatic heterocycles. The Morgan fingerprint density at radius 2 is 1.44 bits per heavy atom. The molecule has 0 saturated carbocycles. The smallest absolute Gasteiger partial charge is 0.327 e. The van der Waals surface area contributed by atoms with Gasteiger partial charge >= 0.3 is 5.97 Å². The lowest BCUT2D eigenvalue weighted by atomic mass is 10.0. The summed E-state index contributed by atoms with van der Waals surface area (Å²) in [6.45, 7) is -0.698. The minimum atomic E-state index is -1.47. The molecule has 0 aliphatic rings. The molecule has 1 aromatic carbocycles. The van der Waals surface area contributed by atoms with E-state index in [1.807, 2.05) is 0 Å². The summed E-state index contributed by atoms with van der Waals surface area (Å²) < 4.78 is 0. The van der Waals surface area contributed by atoms with Crippen LogP contribution in [0.5, 0.6) is 0 Å². The van der Waals surface area contributed by atoms with Crippen LogP contribution in [0, 0.1) is 0 Å². The number of aliphatic hydroxyl groups excluding tert-OH is 1. The summed E-state index contributed by atoms with van der Waals surface area (Å²) in [5, 5.41) is 25.0. The highest BCUT2D eigenvalue weighted by molar-refractivity contribution is 7.80. The van der Waals surface area contributed by atoms with Gasteiger partial charge in [-0.2, -0.15) is 12.6 Å². The first-order chi connectivity index (χ1) is 15.1. The number of rotatable bonds is 13. The molecule has 176 valence electrons. The van der Waals surface area contributed by atoms with Gasteiger partial charge in [0.15, 0.2) is 0 Å². The Kier molecular flexibility index (Phi) is 11.2.